The molecule has 1 aromatic carbocycles. The molecule has 47 heavy (non-hydrogen) atoms. The van der Waals surface area contributed by atoms with Crippen LogP contribution in [0.5, 0.6) is 5.75 Å². The number of aryl methyl sites for hydroxylation is 1. The van der Waals surface area contributed by atoms with Gasteiger partial charge in [0.15, 0.2) is 5.82 Å². The molecule has 7 rings (SSSR count). The standard InChI is InChI=1S/C35H43F2N7O3/c1-18(39-34(46)35(2,3)33(36)37)25-11-9-21-14-27(44(30(21)40-25)16-19-6-7-19)31-41-26-13-22(15-28(47-5)29(26)42(31)4)32(45)43-17-24(38)20-8-10-23(43)12-20/h9,11,13-15,18-20,23-24,33H,6-8,10,12,16-17,38H2,1-5H3,(H,39,46)/t18-,20+,23-,24+/m1/s1. The zero-order valence-corrected chi connectivity index (χ0v) is 27.6. The molecule has 3 N–H and O–H groups in total. The van der Waals surface area contributed by atoms with Gasteiger partial charge in [-0.15, -0.1) is 0 Å². The van der Waals surface area contributed by atoms with Crippen molar-refractivity contribution in [1.82, 2.24) is 29.3 Å². The highest BCUT2D eigenvalue weighted by molar-refractivity contribution is 6.00. The smallest absolute Gasteiger partial charge is 0.254 e. The third-order valence-corrected chi connectivity index (χ3v) is 10.6. The number of aromatic nitrogens is 4. The van der Waals surface area contributed by atoms with E-state index in [0.29, 0.717) is 46.7 Å². The number of benzene rings is 1. The fourth-order valence-electron chi connectivity index (χ4n) is 7.29. The van der Waals surface area contributed by atoms with Crippen molar-refractivity contribution in [2.45, 2.75) is 84.0 Å². The van der Waals surface area contributed by atoms with E-state index < -0.39 is 23.8 Å². The lowest BCUT2D eigenvalue weighted by Crippen LogP contribution is -2.51. The fourth-order valence-corrected chi connectivity index (χ4v) is 7.29. The van der Waals surface area contributed by atoms with Crippen LogP contribution in [0.25, 0.3) is 33.6 Å². The van der Waals surface area contributed by atoms with Crippen molar-refractivity contribution in [3.8, 4) is 17.3 Å². The Morgan fingerprint density at radius 3 is 2.60 bits per heavy atom. The van der Waals surface area contributed by atoms with Crippen molar-refractivity contribution < 1.29 is 23.1 Å². The van der Waals surface area contributed by atoms with Gasteiger partial charge in [0.1, 0.15) is 22.3 Å². The second kappa shape index (κ2) is 11.6. The maximum Gasteiger partial charge on any atom is 0.254 e. The molecule has 0 unspecified atom stereocenters. The maximum atomic E-state index is 13.9. The molecule has 2 saturated carbocycles. The first-order chi connectivity index (χ1) is 22.4. The van der Waals surface area contributed by atoms with E-state index in [1.165, 1.54) is 13.8 Å². The summed E-state index contributed by atoms with van der Waals surface area (Å²) < 4.78 is 37.0. The van der Waals surface area contributed by atoms with E-state index in [1.807, 2.05) is 34.7 Å². The molecule has 10 nitrogen and oxygen atoms in total. The number of rotatable bonds is 9. The average Bonchev–Trinajstić information content (AvgIpc) is 3.51. The quantitative estimate of drug-likeness (QED) is 0.250. The maximum absolute atomic E-state index is 13.9. The highest BCUT2D eigenvalue weighted by atomic mass is 19.3. The van der Waals surface area contributed by atoms with Gasteiger partial charge in [0.05, 0.1) is 30.1 Å². The Morgan fingerprint density at radius 1 is 1.13 bits per heavy atom. The van der Waals surface area contributed by atoms with Crippen LogP contribution in [-0.2, 0) is 18.4 Å². The summed E-state index contributed by atoms with van der Waals surface area (Å²) in [7, 11) is 3.54. The zero-order chi connectivity index (χ0) is 33.4. The second-order valence-electron chi connectivity index (χ2n) is 14.3. The Morgan fingerprint density at radius 2 is 1.89 bits per heavy atom. The third-order valence-electron chi connectivity index (χ3n) is 10.6. The van der Waals surface area contributed by atoms with Gasteiger partial charge in [0.25, 0.3) is 12.3 Å². The molecule has 1 saturated heterocycles. The van der Waals surface area contributed by atoms with Gasteiger partial charge in [0.2, 0.25) is 5.91 Å². The molecule has 250 valence electrons. The molecule has 0 radical (unpaired) electrons. The molecule has 4 aromatic rings. The number of hydrogen-bond donors (Lipinski definition) is 2. The Balaban J connectivity index is 1.27. The number of likely N-dealkylation sites (tertiary alicyclic amines) is 1. The van der Waals surface area contributed by atoms with Crippen LogP contribution in [0.15, 0.2) is 30.3 Å². The summed E-state index contributed by atoms with van der Waals surface area (Å²) in [6, 6.07) is 9.13. The number of carbonyl (C=O) groups excluding carboxylic acids is 2. The summed E-state index contributed by atoms with van der Waals surface area (Å²) in [6.45, 7) is 5.53. The number of imidazole rings is 1. The van der Waals surface area contributed by atoms with Crippen LogP contribution < -0.4 is 15.8 Å². The highest BCUT2D eigenvalue weighted by Gasteiger charge is 2.41. The number of amides is 2. The summed E-state index contributed by atoms with van der Waals surface area (Å²) in [5, 5.41) is 3.63. The minimum atomic E-state index is -2.79. The predicted octanol–water partition coefficient (Wildman–Crippen LogP) is 5.43. The summed E-state index contributed by atoms with van der Waals surface area (Å²) in [5.74, 6) is 1.51. The predicted molar refractivity (Wildman–Crippen MR) is 175 cm³/mol. The van der Waals surface area contributed by atoms with Crippen LogP contribution in [0.1, 0.15) is 75.0 Å². The van der Waals surface area contributed by atoms with Gasteiger partial charge in [-0.05, 0) is 95.0 Å². The van der Waals surface area contributed by atoms with Gasteiger partial charge in [-0.25, -0.2) is 18.7 Å². The van der Waals surface area contributed by atoms with E-state index in [1.54, 1.807) is 20.1 Å². The Kier molecular flexibility index (Phi) is 7.76. The van der Waals surface area contributed by atoms with Gasteiger partial charge in [0, 0.05) is 43.2 Å². The van der Waals surface area contributed by atoms with E-state index >= 15 is 0 Å². The summed E-state index contributed by atoms with van der Waals surface area (Å²) in [4.78, 5) is 38.5. The van der Waals surface area contributed by atoms with Crippen molar-refractivity contribution in [1.29, 1.82) is 0 Å². The summed E-state index contributed by atoms with van der Waals surface area (Å²) >= 11 is 0. The molecule has 2 aliphatic carbocycles. The minimum absolute atomic E-state index is 0.00367. The van der Waals surface area contributed by atoms with E-state index in [4.69, 9.17) is 20.4 Å². The Bertz CT molecular complexity index is 1880. The first-order valence-electron chi connectivity index (χ1n) is 16.6. The summed E-state index contributed by atoms with van der Waals surface area (Å²) in [5.41, 5.74) is 8.79. The van der Waals surface area contributed by atoms with Gasteiger partial charge in [-0.1, -0.05) is 0 Å². The van der Waals surface area contributed by atoms with E-state index in [9.17, 15) is 18.4 Å². The van der Waals surface area contributed by atoms with Crippen molar-refractivity contribution >= 4 is 33.9 Å². The van der Waals surface area contributed by atoms with Crippen LogP contribution in [0.4, 0.5) is 8.78 Å². The molecule has 3 aromatic heterocycles. The molecule has 1 aliphatic heterocycles. The number of nitrogens with two attached hydrogens (primary N) is 1. The normalized spacial score (nSPS) is 22.0. The highest BCUT2D eigenvalue weighted by Crippen LogP contribution is 2.40. The van der Waals surface area contributed by atoms with Crippen molar-refractivity contribution in [3.63, 3.8) is 0 Å². The molecular weight excluding hydrogens is 604 g/mol. The lowest BCUT2D eigenvalue weighted by Gasteiger charge is -2.37. The molecule has 2 bridgehead atoms. The molecule has 2 amide bonds. The molecule has 4 atom stereocenters. The van der Waals surface area contributed by atoms with Crippen molar-refractivity contribution in [3.05, 3.63) is 41.6 Å². The number of fused-ring (bicyclic) bond motifs is 4. The number of nitrogens with zero attached hydrogens (tertiary/aromatic N) is 5. The number of pyridine rings is 1. The number of hydrogen-bond acceptors (Lipinski definition) is 6. The molecule has 3 aliphatic rings. The molecule has 0 spiro atoms. The molecule has 12 heteroatoms. The largest absolute Gasteiger partial charge is 0.494 e. The van der Waals surface area contributed by atoms with E-state index in [0.717, 1.165) is 60.9 Å². The molecular formula is C35H43F2N7O3. The SMILES string of the molecule is COc1cc(C(=O)N2C[C@H](N)[C@H]3CC[C@@H]2C3)cc2nc(-c3cc4ccc([C@@H](C)NC(=O)C(C)(C)C(F)F)nc4n3CC3CC3)n(C)c12. The molecule has 3 fully saturated rings. The minimum Gasteiger partial charge on any atom is -0.494 e. The van der Waals surface area contributed by atoms with Gasteiger partial charge >= 0.3 is 0 Å². The number of nitrogens with one attached hydrogen (secondary N) is 1. The fraction of sp³-hybridized carbons (Fsp3) is 0.543. The van der Waals surface area contributed by atoms with Crippen LogP contribution in [0, 0.1) is 17.3 Å². The summed E-state index contributed by atoms with van der Waals surface area (Å²) in [6.07, 6.45) is 2.46. The number of carbonyl (C=O) groups is 2. The van der Waals surface area contributed by atoms with Crippen LogP contribution in [0.3, 0.4) is 0 Å². The van der Waals surface area contributed by atoms with Gasteiger partial charge in [-0.3, -0.25) is 9.59 Å². The number of halogens is 2. The second-order valence-corrected chi connectivity index (χ2v) is 14.3. The number of methoxy groups -OCH3 is 1. The van der Waals surface area contributed by atoms with Gasteiger partial charge in [-0.2, -0.15) is 0 Å². The lowest BCUT2D eigenvalue weighted by molar-refractivity contribution is -0.138. The van der Waals surface area contributed by atoms with E-state index in [-0.39, 0.29) is 18.0 Å². The first-order valence-corrected chi connectivity index (χ1v) is 16.6. The molecule has 4 heterocycles. The van der Waals surface area contributed by atoms with Crippen LogP contribution in [-0.4, -0.2) is 68.0 Å². The van der Waals surface area contributed by atoms with E-state index in [2.05, 4.69) is 16.0 Å². The lowest BCUT2D eigenvalue weighted by atomic mass is 9.92. The third kappa shape index (κ3) is 5.44. The van der Waals surface area contributed by atoms with Crippen LogP contribution in [0.2, 0.25) is 0 Å². The van der Waals surface area contributed by atoms with Crippen molar-refractivity contribution in [2.75, 3.05) is 13.7 Å². The van der Waals surface area contributed by atoms with Crippen molar-refractivity contribution in [2.24, 2.45) is 30.0 Å². The number of alkyl halides is 2. The Hall–Kier alpha value is -4.06. The first kappa shape index (κ1) is 31.5. The monoisotopic (exact) mass is 647 g/mol. The number of piperidine rings is 1. The van der Waals surface area contributed by atoms with Gasteiger partial charge < -0.3 is 29.8 Å². The zero-order valence-electron chi connectivity index (χ0n) is 27.6. The van der Waals surface area contributed by atoms with Crippen LogP contribution >= 0.6 is 0 Å². The topological polar surface area (TPSA) is 120 Å². The number of ether oxygens (including phenoxy) is 1. The average molecular weight is 648 g/mol. The Labute approximate surface area is 272 Å².